The molecule has 2 heterocycles. The maximum atomic E-state index is 5.78. The van der Waals surface area contributed by atoms with E-state index in [-0.39, 0.29) is 5.54 Å². The molecular weight excluding hydrogens is 248 g/mol. The molecule has 2 unspecified atom stereocenters. The first-order chi connectivity index (χ1) is 9.79. The molecule has 110 valence electrons. The summed E-state index contributed by atoms with van der Waals surface area (Å²) in [6, 6.07) is 10.9. The van der Waals surface area contributed by atoms with Gasteiger partial charge in [0.05, 0.1) is 11.6 Å². The Kier molecular flexibility index (Phi) is 4.39. The Bertz CT molecular complexity index is 416. The third-order valence-electron chi connectivity index (χ3n) is 4.87. The van der Waals surface area contributed by atoms with Gasteiger partial charge in [0.25, 0.3) is 0 Å². The van der Waals surface area contributed by atoms with Crippen molar-refractivity contribution >= 4 is 0 Å². The smallest absolute Gasteiger partial charge is 0.0588 e. The molecule has 0 bridgehead atoms. The lowest BCUT2D eigenvalue weighted by Crippen LogP contribution is -2.57. The zero-order valence-electron chi connectivity index (χ0n) is 12.5. The monoisotopic (exact) mass is 274 g/mol. The predicted octanol–water partition coefficient (Wildman–Crippen LogP) is 2.38. The Hall–Kier alpha value is -0.900. The van der Waals surface area contributed by atoms with Crippen molar-refractivity contribution in [3.8, 4) is 0 Å². The fourth-order valence-electron chi connectivity index (χ4n) is 3.52. The summed E-state index contributed by atoms with van der Waals surface area (Å²) in [5, 5.41) is 3.56. The molecule has 2 fully saturated rings. The van der Waals surface area contributed by atoms with Crippen molar-refractivity contribution in [1.82, 2.24) is 10.2 Å². The fourth-order valence-corrected chi connectivity index (χ4v) is 3.52. The number of hydrogen-bond acceptors (Lipinski definition) is 3. The molecule has 3 nitrogen and oxygen atoms in total. The van der Waals surface area contributed by atoms with Crippen molar-refractivity contribution in [1.29, 1.82) is 0 Å². The van der Waals surface area contributed by atoms with Gasteiger partial charge in [-0.2, -0.15) is 0 Å². The summed E-state index contributed by atoms with van der Waals surface area (Å²) in [7, 11) is 0. The third-order valence-corrected chi connectivity index (χ3v) is 4.87. The van der Waals surface area contributed by atoms with Crippen molar-refractivity contribution in [3.63, 3.8) is 0 Å². The molecule has 0 aliphatic carbocycles. The second-order valence-corrected chi connectivity index (χ2v) is 6.23. The van der Waals surface area contributed by atoms with Crippen LogP contribution in [-0.2, 0) is 10.3 Å². The molecule has 0 spiro atoms. The first-order valence-electron chi connectivity index (χ1n) is 7.92. The van der Waals surface area contributed by atoms with Gasteiger partial charge in [-0.1, -0.05) is 30.3 Å². The number of nitrogens with zero attached hydrogens (tertiary/aromatic N) is 1. The van der Waals surface area contributed by atoms with Crippen LogP contribution >= 0.6 is 0 Å². The van der Waals surface area contributed by atoms with E-state index in [1.165, 1.54) is 24.8 Å². The molecule has 0 amide bonds. The zero-order valence-corrected chi connectivity index (χ0v) is 12.5. The molecule has 2 aliphatic heterocycles. The highest BCUT2D eigenvalue weighted by Gasteiger charge is 2.36. The van der Waals surface area contributed by atoms with E-state index in [0.717, 1.165) is 32.8 Å². The quantitative estimate of drug-likeness (QED) is 0.912. The topological polar surface area (TPSA) is 24.5 Å². The van der Waals surface area contributed by atoms with Gasteiger partial charge in [-0.05, 0) is 31.7 Å². The summed E-state index contributed by atoms with van der Waals surface area (Å²) in [5.41, 5.74) is 1.53. The van der Waals surface area contributed by atoms with Gasteiger partial charge in [-0.15, -0.1) is 0 Å². The van der Waals surface area contributed by atoms with E-state index < -0.39 is 0 Å². The summed E-state index contributed by atoms with van der Waals surface area (Å²) in [4.78, 5) is 2.64. The van der Waals surface area contributed by atoms with Crippen LogP contribution in [-0.4, -0.2) is 43.8 Å². The number of ether oxygens (including phenoxy) is 1. The molecule has 2 aliphatic rings. The Morgan fingerprint density at radius 2 is 2.20 bits per heavy atom. The van der Waals surface area contributed by atoms with Gasteiger partial charge in [0.1, 0.15) is 0 Å². The van der Waals surface area contributed by atoms with Crippen LogP contribution in [0.2, 0.25) is 0 Å². The molecule has 1 aromatic rings. The average Bonchev–Trinajstić information content (AvgIpc) is 3.01. The fraction of sp³-hybridized carbons (Fsp3) is 0.647. The molecule has 1 aromatic carbocycles. The van der Waals surface area contributed by atoms with Gasteiger partial charge in [-0.3, -0.25) is 4.90 Å². The standard InChI is InChI=1S/C17H26N2O/c1-17(15-6-3-2-4-7-15)14-18-10-12-19(17)11-9-16-8-5-13-20-16/h2-4,6-7,16,18H,5,8-14H2,1H3. The highest BCUT2D eigenvalue weighted by atomic mass is 16.5. The van der Waals surface area contributed by atoms with Gasteiger partial charge >= 0.3 is 0 Å². The van der Waals surface area contributed by atoms with Crippen LogP contribution in [0.5, 0.6) is 0 Å². The largest absolute Gasteiger partial charge is 0.378 e. The summed E-state index contributed by atoms with van der Waals surface area (Å²) in [5.74, 6) is 0. The van der Waals surface area contributed by atoms with Crippen molar-refractivity contribution < 1.29 is 4.74 Å². The van der Waals surface area contributed by atoms with E-state index in [1.807, 2.05) is 0 Å². The number of benzene rings is 1. The van der Waals surface area contributed by atoms with Crippen LogP contribution in [0.15, 0.2) is 30.3 Å². The van der Waals surface area contributed by atoms with E-state index >= 15 is 0 Å². The summed E-state index contributed by atoms with van der Waals surface area (Å²) < 4.78 is 5.78. The lowest BCUT2D eigenvalue weighted by molar-refractivity contribution is 0.0423. The third kappa shape index (κ3) is 2.90. The average molecular weight is 274 g/mol. The van der Waals surface area contributed by atoms with Crippen LogP contribution in [0.3, 0.4) is 0 Å². The van der Waals surface area contributed by atoms with Crippen LogP contribution in [0.1, 0.15) is 31.7 Å². The van der Waals surface area contributed by atoms with Crippen LogP contribution in [0, 0.1) is 0 Å². The second kappa shape index (κ2) is 6.25. The lowest BCUT2D eigenvalue weighted by Gasteiger charge is -2.46. The molecule has 0 aromatic heterocycles. The second-order valence-electron chi connectivity index (χ2n) is 6.23. The highest BCUT2D eigenvalue weighted by Crippen LogP contribution is 2.30. The molecule has 20 heavy (non-hydrogen) atoms. The molecule has 3 rings (SSSR count). The van der Waals surface area contributed by atoms with E-state index in [4.69, 9.17) is 4.74 Å². The predicted molar refractivity (Wildman–Crippen MR) is 81.8 cm³/mol. The van der Waals surface area contributed by atoms with E-state index in [2.05, 4.69) is 47.5 Å². The van der Waals surface area contributed by atoms with Gasteiger partial charge in [0, 0.05) is 32.8 Å². The normalized spacial score (nSPS) is 31.6. The maximum Gasteiger partial charge on any atom is 0.0588 e. The zero-order chi connectivity index (χ0) is 13.8. The molecule has 2 atom stereocenters. The maximum absolute atomic E-state index is 5.78. The van der Waals surface area contributed by atoms with E-state index in [1.54, 1.807) is 0 Å². The van der Waals surface area contributed by atoms with Gasteiger partial charge < -0.3 is 10.1 Å². The Morgan fingerprint density at radius 1 is 1.35 bits per heavy atom. The molecule has 1 N–H and O–H groups in total. The Morgan fingerprint density at radius 3 is 2.95 bits per heavy atom. The number of nitrogens with one attached hydrogen (secondary N) is 1. The van der Waals surface area contributed by atoms with Gasteiger partial charge in [0.15, 0.2) is 0 Å². The van der Waals surface area contributed by atoms with Gasteiger partial charge in [-0.25, -0.2) is 0 Å². The minimum Gasteiger partial charge on any atom is -0.378 e. The Balaban J connectivity index is 1.69. The summed E-state index contributed by atoms with van der Waals surface area (Å²) in [6.45, 7) is 7.71. The van der Waals surface area contributed by atoms with Crippen molar-refractivity contribution in [3.05, 3.63) is 35.9 Å². The van der Waals surface area contributed by atoms with Crippen molar-refractivity contribution in [2.75, 3.05) is 32.8 Å². The number of piperazine rings is 1. The summed E-state index contributed by atoms with van der Waals surface area (Å²) in [6.07, 6.45) is 4.14. The molecule has 3 heteroatoms. The molecule has 2 saturated heterocycles. The molecule has 0 radical (unpaired) electrons. The summed E-state index contributed by atoms with van der Waals surface area (Å²) >= 11 is 0. The van der Waals surface area contributed by atoms with Crippen molar-refractivity contribution in [2.45, 2.75) is 37.8 Å². The van der Waals surface area contributed by atoms with E-state index in [0.29, 0.717) is 6.10 Å². The SMILES string of the molecule is CC1(c2ccccc2)CNCCN1CCC1CCCO1. The first-order valence-corrected chi connectivity index (χ1v) is 7.92. The minimum absolute atomic E-state index is 0.109. The van der Waals surface area contributed by atoms with Crippen LogP contribution in [0.25, 0.3) is 0 Å². The first kappa shape index (κ1) is 14.1. The van der Waals surface area contributed by atoms with Crippen LogP contribution < -0.4 is 5.32 Å². The molecular formula is C17H26N2O. The lowest BCUT2D eigenvalue weighted by atomic mass is 9.88. The van der Waals surface area contributed by atoms with Gasteiger partial charge in [0.2, 0.25) is 0 Å². The molecule has 0 saturated carbocycles. The van der Waals surface area contributed by atoms with Crippen molar-refractivity contribution in [2.24, 2.45) is 0 Å². The minimum atomic E-state index is 0.109. The number of rotatable bonds is 4. The van der Waals surface area contributed by atoms with E-state index in [9.17, 15) is 0 Å². The highest BCUT2D eigenvalue weighted by molar-refractivity contribution is 5.25. The number of hydrogen-bond donors (Lipinski definition) is 1. The van der Waals surface area contributed by atoms with Crippen LogP contribution in [0.4, 0.5) is 0 Å². The Labute approximate surface area is 122 Å².